The maximum absolute atomic E-state index is 11.5. The summed E-state index contributed by atoms with van der Waals surface area (Å²) in [4.78, 5) is 22.5. The summed E-state index contributed by atoms with van der Waals surface area (Å²) in [6, 6.07) is -0.0613. The first-order chi connectivity index (χ1) is 7.28. The van der Waals surface area contributed by atoms with Crippen LogP contribution < -0.4 is 10.6 Å². The molecule has 5 nitrogen and oxygen atoms in total. The number of hydrogen-bond donors (Lipinski definition) is 2. The lowest BCUT2D eigenvalue weighted by Crippen LogP contribution is -2.41. The quantitative estimate of drug-likeness (QED) is 0.742. The summed E-state index contributed by atoms with van der Waals surface area (Å²) in [5.74, 6) is 0.197. The number of hydrogen-bond acceptors (Lipinski definition) is 3. The van der Waals surface area contributed by atoms with E-state index in [0.29, 0.717) is 13.0 Å². The number of ether oxygens (including phenoxy) is 1. The fourth-order valence-corrected chi connectivity index (χ4v) is 1.59. The fraction of sp³-hybridized carbons (Fsp3) is 0.818. The van der Waals surface area contributed by atoms with Gasteiger partial charge in [-0.1, -0.05) is 0 Å². The molecule has 5 heteroatoms. The molecule has 0 radical (unpaired) electrons. The molecule has 0 unspecified atom stereocenters. The third-order valence-electron chi connectivity index (χ3n) is 2.46. The van der Waals surface area contributed by atoms with Gasteiger partial charge in [0.05, 0.1) is 0 Å². The molecule has 0 bridgehead atoms. The van der Waals surface area contributed by atoms with E-state index in [4.69, 9.17) is 4.74 Å². The molecule has 0 saturated carbocycles. The Labute approximate surface area is 95.9 Å². The average molecular weight is 228 g/mol. The normalized spacial score (nSPS) is 22.5. The smallest absolute Gasteiger partial charge is 0.407 e. The first kappa shape index (κ1) is 12.8. The van der Waals surface area contributed by atoms with Crippen molar-refractivity contribution >= 4 is 12.0 Å². The fourth-order valence-electron chi connectivity index (χ4n) is 1.59. The lowest BCUT2D eigenvalue weighted by atomic mass is 10.0. The van der Waals surface area contributed by atoms with Gasteiger partial charge in [-0.3, -0.25) is 4.79 Å². The van der Waals surface area contributed by atoms with Gasteiger partial charge in [0.2, 0.25) is 5.91 Å². The summed E-state index contributed by atoms with van der Waals surface area (Å²) < 4.78 is 5.14. The van der Waals surface area contributed by atoms with Crippen LogP contribution in [0.2, 0.25) is 0 Å². The van der Waals surface area contributed by atoms with Gasteiger partial charge < -0.3 is 15.4 Å². The second-order valence-corrected chi connectivity index (χ2v) is 5.20. The SMILES string of the molecule is C[C@H](NC(=O)OC(C)(C)C)[C@@H]1CNC(=O)C1. The second-order valence-electron chi connectivity index (χ2n) is 5.20. The van der Waals surface area contributed by atoms with Gasteiger partial charge in [-0.05, 0) is 27.7 Å². The molecule has 2 amide bonds. The predicted molar refractivity (Wildman–Crippen MR) is 59.9 cm³/mol. The number of rotatable bonds is 2. The van der Waals surface area contributed by atoms with Crippen molar-refractivity contribution in [1.29, 1.82) is 0 Å². The maximum Gasteiger partial charge on any atom is 0.407 e. The van der Waals surface area contributed by atoms with Gasteiger partial charge in [-0.15, -0.1) is 0 Å². The molecule has 1 aliphatic rings. The van der Waals surface area contributed by atoms with Crippen LogP contribution in [-0.2, 0) is 9.53 Å². The van der Waals surface area contributed by atoms with Crippen LogP contribution in [0.1, 0.15) is 34.1 Å². The van der Waals surface area contributed by atoms with Gasteiger partial charge >= 0.3 is 6.09 Å². The minimum atomic E-state index is -0.493. The van der Waals surface area contributed by atoms with E-state index in [9.17, 15) is 9.59 Å². The molecule has 1 fully saturated rings. The van der Waals surface area contributed by atoms with Crippen LogP contribution in [0, 0.1) is 5.92 Å². The van der Waals surface area contributed by atoms with Crippen molar-refractivity contribution < 1.29 is 14.3 Å². The molecule has 0 aromatic carbocycles. The molecular weight excluding hydrogens is 208 g/mol. The number of nitrogens with one attached hydrogen (secondary N) is 2. The van der Waals surface area contributed by atoms with E-state index in [0.717, 1.165) is 0 Å². The lowest BCUT2D eigenvalue weighted by molar-refractivity contribution is -0.119. The Morgan fingerprint density at radius 3 is 2.62 bits per heavy atom. The summed E-state index contributed by atoms with van der Waals surface area (Å²) in [5.41, 5.74) is -0.493. The van der Waals surface area contributed by atoms with Gasteiger partial charge in [-0.25, -0.2) is 4.79 Å². The molecule has 1 rings (SSSR count). The molecule has 0 aromatic heterocycles. The van der Waals surface area contributed by atoms with Crippen molar-refractivity contribution in [3.8, 4) is 0 Å². The number of alkyl carbamates (subject to hydrolysis) is 1. The Balaban J connectivity index is 2.36. The van der Waals surface area contributed by atoms with Crippen molar-refractivity contribution in [1.82, 2.24) is 10.6 Å². The van der Waals surface area contributed by atoms with Crippen molar-refractivity contribution in [3.63, 3.8) is 0 Å². The third kappa shape index (κ3) is 4.08. The van der Waals surface area contributed by atoms with Gasteiger partial charge in [0, 0.05) is 24.9 Å². The van der Waals surface area contributed by atoms with Crippen LogP contribution >= 0.6 is 0 Å². The number of carbonyl (C=O) groups is 2. The molecule has 0 aromatic rings. The molecule has 92 valence electrons. The summed E-state index contributed by atoms with van der Waals surface area (Å²) in [6.07, 6.45) is 0.0381. The van der Waals surface area contributed by atoms with Crippen molar-refractivity contribution in [2.75, 3.05) is 6.54 Å². The zero-order chi connectivity index (χ0) is 12.3. The maximum atomic E-state index is 11.5. The number of amides is 2. The molecule has 1 aliphatic heterocycles. The standard InChI is InChI=1S/C11H20N2O3/c1-7(8-5-9(14)12-6-8)13-10(15)16-11(2,3)4/h7-8H,5-6H2,1-4H3,(H,12,14)(H,13,15)/t7-,8-/m0/s1. The van der Waals surface area contributed by atoms with E-state index in [1.807, 2.05) is 27.7 Å². The molecule has 2 N–H and O–H groups in total. The monoisotopic (exact) mass is 228 g/mol. The van der Waals surface area contributed by atoms with E-state index < -0.39 is 11.7 Å². The van der Waals surface area contributed by atoms with Crippen LogP contribution in [-0.4, -0.2) is 30.2 Å². The van der Waals surface area contributed by atoms with E-state index in [1.165, 1.54) is 0 Å². The first-order valence-electron chi connectivity index (χ1n) is 5.54. The summed E-state index contributed by atoms with van der Waals surface area (Å²) in [7, 11) is 0. The molecule has 0 aliphatic carbocycles. The van der Waals surface area contributed by atoms with Crippen molar-refractivity contribution in [2.24, 2.45) is 5.92 Å². The van der Waals surface area contributed by atoms with Crippen LogP contribution in [0.4, 0.5) is 4.79 Å². The van der Waals surface area contributed by atoms with Crippen LogP contribution in [0.5, 0.6) is 0 Å². The lowest BCUT2D eigenvalue weighted by Gasteiger charge is -2.23. The topological polar surface area (TPSA) is 67.4 Å². The second kappa shape index (κ2) is 4.72. The van der Waals surface area contributed by atoms with Gasteiger partial charge in [0.1, 0.15) is 5.60 Å². The Morgan fingerprint density at radius 1 is 1.56 bits per heavy atom. The van der Waals surface area contributed by atoms with Gasteiger partial charge in [0.25, 0.3) is 0 Å². The zero-order valence-corrected chi connectivity index (χ0v) is 10.3. The Kier molecular flexibility index (Phi) is 3.78. The Bertz CT molecular complexity index is 283. The Morgan fingerprint density at radius 2 is 2.19 bits per heavy atom. The molecular formula is C11H20N2O3. The largest absolute Gasteiger partial charge is 0.444 e. The van der Waals surface area contributed by atoms with Gasteiger partial charge in [0.15, 0.2) is 0 Å². The highest BCUT2D eigenvalue weighted by atomic mass is 16.6. The highest BCUT2D eigenvalue weighted by molar-refractivity contribution is 5.78. The highest BCUT2D eigenvalue weighted by Crippen LogP contribution is 2.14. The molecule has 1 saturated heterocycles. The average Bonchev–Trinajstić information content (AvgIpc) is 2.47. The number of carbonyl (C=O) groups excluding carboxylic acids is 2. The van der Waals surface area contributed by atoms with Crippen molar-refractivity contribution in [3.05, 3.63) is 0 Å². The zero-order valence-electron chi connectivity index (χ0n) is 10.3. The van der Waals surface area contributed by atoms with E-state index >= 15 is 0 Å². The van der Waals surface area contributed by atoms with E-state index in [1.54, 1.807) is 0 Å². The van der Waals surface area contributed by atoms with Crippen LogP contribution in [0.15, 0.2) is 0 Å². The molecule has 1 heterocycles. The van der Waals surface area contributed by atoms with Crippen molar-refractivity contribution in [2.45, 2.75) is 45.8 Å². The molecule has 2 atom stereocenters. The Hall–Kier alpha value is -1.26. The van der Waals surface area contributed by atoms with E-state index in [-0.39, 0.29) is 17.9 Å². The minimum Gasteiger partial charge on any atom is -0.444 e. The summed E-state index contributed by atoms with van der Waals surface area (Å²) >= 11 is 0. The van der Waals surface area contributed by atoms with Gasteiger partial charge in [-0.2, -0.15) is 0 Å². The van der Waals surface area contributed by atoms with E-state index in [2.05, 4.69) is 10.6 Å². The molecule has 0 spiro atoms. The van der Waals surface area contributed by atoms with Crippen LogP contribution in [0.25, 0.3) is 0 Å². The minimum absolute atomic E-state index is 0.0443. The summed E-state index contributed by atoms with van der Waals surface area (Å²) in [5, 5.41) is 5.49. The van der Waals surface area contributed by atoms with Crippen LogP contribution in [0.3, 0.4) is 0 Å². The predicted octanol–water partition coefficient (Wildman–Crippen LogP) is 1.04. The first-order valence-corrected chi connectivity index (χ1v) is 5.54. The highest BCUT2D eigenvalue weighted by Gasteiger charge is 2.28. The summed E-state index contributed by atoms with van der Waals surface area (Å²) in [6.45, 7) is 7.96. The molecule has 16 heavy (non-hydrogen) atoms. The third-order valence-corrected chi connectivity index (χ3v) is 2.46.